The highest BCUT2D eigenvalue weighted by Gasteiger charge is 2.21. The van der Waals surface area contributed by atoms with Gasteiger partial charge in [-0.3, -0.25) is 19.3 Å². The molecule has 1 atom stereocenters. The molecule has 10 nitrogen and oxygen atoms in total. The fraction of sp³-hybridized carbons (Fsp3) is 0.481. The van der Waals surface area contributed by atoms with Crippen LogP contribution >= 0.6 is 11.6 Å². The van der Waals surface area contributed by atoms with E-state index in [1.54, 1.807) is 41.3 Å². The predicted octanol–water partition coefficient (Wildman–Crippen LogP) is 2.73. The van der Waals surface area contributed by atoms with Gasteiger partial charge < -0.3 is 25.0 Å². The molecule has 3 amide bonds. The van der Waals surface area contributed by atoms with Crippen LogP contribution in [0.1, 0.15) is 36.0 Å². The number of amides is 3. The summed E-state index contributed by atoms with van der Waals surface area (Å²) < 4.78 is 11.2. The molecule has 1 unspecified atom stereocenters. The first-order valence-corrected chi connectivity index (χ1v) is 13.4. The first-order valence-electron chi connectivity index (χ1n) is 13.0. The molecule has 2 fully saturated rings. The monoisotopic (exact) mass is 543 g/mol. The van der Waals surface area contributed by atoms with Crippen LogP contribution in [0.2, 0.25) is 5.02 Å². The molecule has 0 aliphatic carbocycles. The van der Waals surface area contributed by atoms with Crippen molar-refractivity contribution in [3.05, 3.63) is 53.2 Å². The van der Waals surface area contributed by atoms with Crippen molar-refractivity contribution in [2.75, 3.05) is 62.8 Å². The fourth-order valence-electron chi connectivity index (χ4n) is 4.40. The highest BCUT2D eigenvalue weighted by atomic mass is 35.5. The molecule has 0 radical (unpaired) electrons. The number of nitrogens with one attached hydrogen (secondary N) is 2. The third-order valence-electron chi connectivity index (χ3n) is 6.50. The number of pyridine rings is 1. The van der Waals surface area contributed by atoms with Crippen LogP contribution in [-0.4, -0.2) is 86.3 Å². The first-order chi connectivity index (χ1) is 18.5. The van der Waals surface area contributed by atoms with E-state index >= 15 is 0 Å². The standard InChI is InChI=1S/C27H34ClN5O5/c28-21-6-9-24(29-18-21)31-25(34)17-22(19-38-16-13-32-11-14-37-15-12-32)30-27(36)20-4-7-23(8-5-20)33-10-2-1-3-26(33)35/h4-9,18,22H,1-3,10-17,19H2,(H,30,36)(H,29,31,34). The maximum atomic E-state index is 13.0. The third kappa shape index (κ3) is 8.49. The number of benzene rings is 1. The Labute approximate surface area is 227 Å². The number of halogens is 1. The van der Waals surface area contributed by atoms with Crippen LogP contribution in [-0.2, 0) is 19.1 Å². The van der Waals surface area contributed by atoms with Gasteiger partial charge in [0.1, 0.15) is 5.82 Å². The van der Waals surface area contributed by atoms with Crippen LogP contribution in [0.25, 0.3) is 0 Å². The van der Waals surface area contributed by atoms with E-state index in [1.165, 1.54) is 6.20 Å². The lowest BCUT2D eigenvalue weighted by Gasteiger charge is -2.27. The minimum absolute atomic E-state index is 0.00790. The van der Waals surface area contributed by atoms with Crippen LogP contribution in [0, 0.1) is 0 Å². The second-order valence-corrected chi connectivity index (χ2v) is 9.80. The predicted molar refractivity (Wildman–Crippen MR) is 144 cm³/mol. The van der Waals surface area contributed by atoms with E-state index in [2.05, 4.69) is 20.5 Å². The van der Waals surface area contributed by atoms with Crippen LogP contribution in [0.4, 0.5) is 11.5 Å². The maximum Gasteiger partial charge on any atom is 0.251 e. The molecule has 1 aromatic carbocycles. The van der Waals surface area contributed by atoms with Crippen molar-refractivity contribution in [3.63, 3.8) is 0 Å². The Morgan fingerprint density at radius 3 is 2.58 bits per heavy atom. The number of nitrogens with zero attached hydrogens (tertiary/aromatic N) is 3. The van der Waals surface area contributed by atoms with Crippen LogP contribution in [0.3, 0.4) is 0 Å². The fourth-order valence-corrected chi connectivity index (χ4v) is 4.52. The number of piperidine rings is 1. The van der Waals surface area contributed by atoms with Crippen molar-refractivity contribution < 1.29 is 23.9 Å². The number of carbonyl (C=O) groups excluding carboxylic acids is 3. The van der Waals surface area contributed by atoms with E-state index in [1.807, 2.05) is 0 Å². The molecule has 2 saturated heterocycles. The van der Waals surface area contributed by atoms with Crippen molar-refractivity contribution >= 4 is 40.8 Å². The van der Waals surface area contributed by atoms with Crippen LogP contribution in [0.5, 0.6) is 0 Å². The van der Waals surface area contributed by atoms with Gasteiger partial charge in [-0.05, 0) is 49.2 Å². The summed E-state index contributed by atoms with van der Waals surface area (Å²) in [7, 11) is 0. The second kappa shape index (κ2) is 14.2. The zero-order chi connectivity index (χ0) is 26.7. The summed E-state index contributed by atoms with van der Waals surface area (Å²) in [6.07, 6.45) is 3.88. The van der Waals surface area contributed by atoms with E-state index in [-0.39, 0.29) is 30.7 Å². The minimum atomic E-state index is -0.553. The molecule has 2 N–H and O–H groups in total. The molecule has 204 valence electrons. The Bertz CT molecular complexity index is 1080. The van der Waals surface area contributed by atoms with E-state index in [9.17, 15) is 14.4 Å². The van der Waals surface area contributed by atoms with Gasteiger partial charge in [0.2, 0.25) is 11.8 Å². The van der Waals surface area contributed by atoms with E-state index in [0.717, 1.165) is 38.2 Å². The molecule has 0 bridgehead atoms. The van der Waals surface area contributed by atoms with Crippen molar-refractivity contribution in [1.29, 1.82) is 0 Å². The molecule has 4 rings (SSSR count). The lowest BCUT2D eigenvalue weighted by Crippen LogP contribution is -2.42. The first kappa shape index (κ1) is 28.0. The van der Waals surface area contributed by atoms with Gasteiger partial charge in [0.25, 0.3) is 5.91 Å². The quantitative estimate of drug-likeness (QED) is 0.419. The lowest BCUT2D eigenvalue weighted by atomic mass is 10.1. The molecule has 2 aromatic rings. The molecule has 11 heteroatoms. The molecule has 2 aliphatic rings. The van der Waals surface area contributed by atoms with Gasteiger partial charge in [-0.15, -0.1) is 0 Å². The highest BCUT2D eigenvalue weighted by molar-refractivity contribution is 6.30. The molecule has 2 aliphatic heterocycles. The van der Waals surface area contributed by atoms with Gasteiger partial charge in [-0.1, -0.05) is 11.6 Å². The Kier molecular flexibility index (Phi) is 10.5. The molecule has 3 heterocycles. The Morgan fingerprint density at radius 2 is 1.87 bits per heavy atom. The smallest absolute Gasteiger partial charge is 0.251 e. The Balaban J connectivity index is 1.34. The van der Waals surface area contributed by atoms with Gasteiger partial charge in [0.05, 0.1) is 37.5 Å². The van der Waals surface area contributed by atoms with Crippen molar-refractivity contribution in [2.24, 2.45) is 0 Å². The van der Waals surface area contributed by atoms with Gasteiger partial charge in [-0.25, -0.2) is 4.98 Å². The van der Waals surface area contributed by atoms with E-state index < -0.39 is 6.04 Å². The van der Waals surface area contributed by atoms with Crippen LogP contribution < -0.4 is 15.5 Å². The summed E-state index contributed by atoms with van der Waals surface area (Å²) in [6, 6.07) is 9.65. The second-order valence-electron chi connectivity index (χ2n) is 9.36. The number of ether oxygens (including phenoxy) is 2. The normalized spacial score (nSPS) is 17.2. The molecule has 1 aromatic heterocycles. The average molecular weight is 544 g/mol. The molecular formula is C27H34ClN5O5. The van der Waals surface area contributed by atoms with E-state index in [4.69, 9.17) is 21.1 Å². The molecule has 38 heavy (non-hydrogen) atoms. The summed E-state index contributed by atoms with van der Waals surface area (Å²) in [4.78, 5) is 46.0. The largest absolute Gasteiger partial charge is 0.379 e. The summed E-state index contributed by atoms with van der Waals surface area (Å²) in [5, 5.41) is 6.12. The van der Waals surface area contributed by atoms with Crippen LogP contribution in [0.15, 0.2) is 42.6 Å². The number of hydrogen-bond acceptors (Lipinski definition) is 7. The SMILES string of the molecule is O=C(CC(COCCN1CCOCC1)NC(=O)c1ccc(N2CCCCC2=O)cc1)Nc1ccc(Cl)cn1. The summed E-state index contributed by atoms with van der Waals surface area (Å²) in [6.45, 7) is 5.24. The number of hydrogen-bond donors (Lipinski definition) is 2. The Hall–Kier alpha value is -3.05. The van der Waals surface area contributed by atoms with E-state index in [0.29, 0.717) is 49.2 Å². The van der Waals surface area contributed by atoms with Crippen molar-refractivity contribution in [3.8, 4) is 0 Å². The number of aromatic nitrogens is 1. The van der Waals surface area contributed by atoms with Gasteiger partial charge >= 0.3 is 0 Å². The summed E-state index contributed by atoms with van der Waals surface area (Å²) >= 11 is 5.87. The highest BCUT2D eigenvalue weighted by Crippen LogP contribution is 2.21. The average Bonchev–Trinajstić information content (AvgIpc) is 2.93. The Morgan fingerprint density at radius 1 is 1.08 bits per heavy atom. The van der Waals surface area contributed by atoms with Crippen molar-refractivity contribution in [1.82, 2.24) is 15.2 Å². The number of carbonyl (C=O) groups is 3. The zero-order valence-corrected chi connectivity index (χ0v) is 22.1. The topological polar surface area (TPSA) is 113 Å². The van der Waals surface area contributed by atoms with Gasteiger partial charge in [0.15, 0.2) is 0 Å². The third-order valence-corrected chi connectivity index (χ3v) is 6.72. The summed E-state index contributed by atoms with van der Waals surface area (Å²) in [5.74, 6) is -0.147. The maximum absolute atomic E-state index is 13.0. The van der Waals surface area contributed by atoms with Gasteiger partial charge in [0, 0.05) is 56.5 Å². The molecule has 0 saturated carbocycles. The molecular weight excluding hydrogens is 510 g/mol. The lowest BCUT2D eigenvalue weighted by molar-refractivity contribution is -0.119. The number of rotatable bonds is 11. The number of anilines is 2. The van der Waals surface area contributed by atoms with Gasteiger partial charge in [-0.2, -0.15) is 0 Å². The minimum Gasteiger partial charge on any atom is -0.379 e. The molecule has 0 spiro atoms. The van der Waals surface area contributed by atoms with Crippen molar-refractivity contribution in [2.45, 2.75) is 31.7 Å². The zero-order valence-electron chi connectivity index (χ0n) is 21.4. The summed E-state index contributed by atoms with van der Waals surface area (Å²) in [5.41, 5.74) is 1.22. The number of morpholine rings is 1.